The summed E-state index contributed by atoms with van der Waals surface area (Å²) in [4.78, 5) is 2.35. The molecule has 0 radical (unpaired) electrons. The van der Waals surface area contributed by atoms with Gasteiger partial charge in [0, 0.05) is 32.9 Å². The van der Waals surface area contributed by atoms with Gasteiger partial charge in [-0.1, -0.05) is 103 Å². The Hall–Kier alpha value is -6.32. The molecular formula is C44H27NO2. The number of hydrogen-bond donors (Lipinski definition) is 0. The third-order valence-corrected chi connectivity index (χ3v) is 9.42. The second-order valence-electron chi connectivity index (χ2n) is 12.1. The van der Waals surface area contributed by atoms with E-state index in [1.54, 1.807) is 0 Å². The van der Waals surface area contributed by atoms with E-state index in [1.807, 2.05) is 0 Å². The van der Waals surface area contributed by atoms with Crippen LogP contribution in [0.3, 0.4) is 0 Å². The first-order valence-electron chi connectivity index (χ1n) is 15.9. The van der Waals surface area contributed by atoms with Gasteiger partial charge in [0.15, 0.2) is 0 Å². The Kier molecular flexibility index (Phi) is 5.57. The third kappa shape index (κ3) is 4.07. The molecule has 0 aliphatic rings. The molecule has 8 aromatic carbocycles. The first kappa shape index (κ1) is 26.0. The van der Waals surface area contributed by atoms with Crippen LogP contribution in [0.4, 0.5) is 17.1 Å². The standard InChI is InChI=1S/C44H27NO2/c1-2-9-28(10-3-1)29-17-19-33(20-18-29)45(39-16-8-14-30-11-6-7-15-35(30)39)34-21-23-40-38(27-34)43-41(46-40)24-22-36-37-25-31-12-4-5-13-32(31)26-42(37)47-44(36)43/h1-27H. The summed E-state index contributed by atoms with van der Waals surface area (Å²) in [5.74, 6) is 0. The van der Waals surface area contributed by atoms with Crippen LogP contribution >= 0.6 is 0 Å². The fourth-order valence-electron chi connectivity index (χ4n) is 7.17. The Balaban J connectivity index is 1.21. The molecule has 0 aliphatic heterocycles. The molecule has 2 aromatic heterocycles. The van der Waals surface area contributed by atoms with E-state index in [-0.39, 0.29) is 0 Å². The summed E-state index contributed by atoms with van der Waals surface area (Å²) in [5.41, 5.74) is 9.00. The quantitative estimate of drug-likeness (QED) is 0.201. The van der Waals surface area contributed by atoms with Crippen molar-refractivity contribution in [2.24, 2.45) is 0 Å². The SMILES string of the molecule is c1ccc(-c2ccc(N(c3ccc4oc5ccc6c7cc8ccccc8cc7oc6c5c4c3)c3cccc4ccccc34)cc2)cc1. The number of nitrogens with zero attached hydrogens (tertiary/aromatic N) is 1. The van der Waals surface area contributed by atoms with Gasteiger partial charge in [-0.15, -0.1) is 0 Å². The number of furan rings is 2. The number of rotatable bonds is 4. The van der Waals surface area contributed by atoms with Crippen molar-refractivity contribution in [1.29, 1.82) is 0 Å². The second kappa shape index (κ2) is 10.1. The van der Waals surface area contributed by atoms with Gasteiger partial charge < -0.3 is 13.7 Å². The van der Waals surface area contributed by atoms with Crippen LogP contribution in [0.2, 0.25) is 0 Å². The van der Waals surface area contributed by atoms with E-state index in [0.717, 1.165) is 60.9 Å². The fraction of sp³-hybridized carbons (Fsp3) is 0. The predicted molar refractivity (Wildman–Crippen MR) is 196 cm³/mol. The summed E-state index contributed by atoms with van der Waals surface area (Å²) >= 11 is 0. The van der Waals surface area contributed by atoms with Crippen LogP contribution in [-0.4, -0.2) is 0 Å². The number of hydrogen-bond acceptors (Lipinski definition) is 3. The average Bonchev–Trinajstić information content (AvgIpc) is 3.69. The second-order valence-corrected chi connectivity index (χ2v) is 12.1. The van der Waals surface area contributed by atoms with Crippen molar-refractivity contribution in [1.82, 2.24) is 0 Å². The maximum Gasteiger partial charge on any atom is 0.147 e. The Bertz CT molecular complexity index is 2780. The van der Waals surface area contributed by atoms with Gasteiger partial charge in [-0.05, 0) is 87.9 Å². The number of fused-ring (bicyclic) bond motifs is 9. The zero-order valence-corrected chi connectivity index (χ0v) is 25.4. The van der Waals surface area contributed by atoms with Crippen LogP contribution < -0.4 is 4.90 Å². The Morgan fingerprint density at radius 1 is 0.362 bits per heavy atom. The molecule has 2 heterocycles. The van der Waals surface area contributed by atoms with Gasteiger partial charge >= 0.3 is 0 Å². The lowest BCUT2D eigenvalue weighted by Gasteiger charge is -2.27. The smallest absolute Gasteiger partial charge is 0.147 e. The van der Waals surface area contributed by atoms with Crippen LogP contribution in [0.5, 0.6) is 0 Å². The monoisotopic (exact) mass is 601 g/mol. The maximum absolute atomic E-state index is 6.65. The van der Waals surface area contributed by atoms with Gasteiger partial charge in [-0.3, -0.25) is 0 Å². The lowest BCUT2D eigenvalue weighted by molar-refractivity contribution is 0.663. The molecule has 0 bridgehead atoms. The van der Waals surface area contributed by atoms with Gasteiger partial charge in [-0.2, -0.15) is 0 Å². The van der Waals surface area contributed by atoms with E-state index in [9.17, 15) is 0 Å². The lowest BCUT2D eigenvalue weighted by atomic mass is 10.0. The summed E-state index contributed by atoms with van der Waals surface area (Å²) < 4.78 is 13.1. The van der Waals surface area contributed by atoms with Crippen LogP contribution in [0.25, 0.3) is 76.5 Å². The summed E-state index contributed by atoms with van der Waals surface area (Å²) in [5, 5.41) is 8.98. The summed E-state index contributed by atoms with van der Waals surface area (Å²) in [6, 6.07) is 57.9. The summed E-state index contributed by atoms with van der Waals surface area (Å²) in [6.45, 7) is 0. The molecule has 3 nitrogen and oxygen atoms in total. The highest BCUT2D eigenvalue weighted by Crippen LogP contribution is 2.44. The van der Waals surface area contributed by atoms with Gasteiger partial charge in [0.25, 0.3) is 0 Å². The number of anilines is 3. The van der Waals surface area contributed by atoms with Crippen LogP contribution in [0.1, 0.15) is 0 Å². The molecule has 0 saturated heterocycles. The Labute approximate surface area is 270 Å². The van der Waals surface area contributed by atoms with E-state index >= 15 is 0 Å². The Morgan fingerprint density at radius 3 is 1.89 bits per heavy atom. The molecule has 0 amide bonds. The number of benzene rings is 8. The molecule has 0 aliphatic carbocycles. The van der Waals surface area contributed by atoms with E-state index in [1.165, 1.54) is 32.7 Å². The third-order valence-electron chi connectivity index (χ3n) is 9.42. The molecule has 47 heavy (non-hydrogen) atoms. The molecule has 0 spiro atoms. The largest absolute Gasteiger partial charge is 0.456 e. The van der Waals surface area contributed by atoms with Crippen LogP contribution in [0, 0.1) is 0 Å². The first-order chi connectivity index (χ1) is 23.3. The predicted octanol–water partition coefficient (Wildman–Crippen LogP) is 12.9. The molecule has 3 heteroatoms. The van der Waals surface area contributed by atoms with Crippen molar-refractivity contribution in [3.05, 3.63) is 164 Å². The lowest BCUT2D eigenvalue weighted by Crippen LogP contribution is -2.10. The average molecular weight is 602 g/mol. The highest BCUT2D eigenvalue weighted by Gasteiger charge is 2.20. The minimum atomic E-state index is 0.817. The molecule has 10 aromatic rings. The minimum Gasteiger partial charge on any atom is -0.456 e. The van der Waals surface area contributed by atoms with E-state index in [2.05, 4.69) is 169 Å². The molecule has 0 unspecified atom stereocenters. The highest BCUT2D eigenvalue weighted by atomic mass is 16.3. The first-order valence-corrected chi connectivity index (χ1v) is 15.9. The normalized spacial score (nSPS) is 11.8. The van der Waals surface area contributed by atoms with Gasteiger partial charge in [-0.25, -0.2) is 0 Å². The van der Waals surface area contributed by atoms with E-state index in [4.69, 9.17) is 8.83 Å². The van der Waals surface area contributed by atoms with Gasteiger partial charge in [0.2, 0.25) is 0 Å². The zero-order chi connectivity index (χ0) is 30.9. The highest BCUT2D eigenvalue weighted by molar-refractivity contribution is 6.23. The molecule has 10 rings (SSSR count). The van der Waals surface area contributed by atoms with Crippen LogP contribution in [0.15, 0.2) is 173 Å². The topological polar surface area (TPSA) is 29.5 Å². The van der Waals surface area contributed by atoms with Crippen molar-refractivity contribution in [3.8, 4) is 11.1 Å². The molecule has 0 saturated carbocycles. The van der Waals surface area contributed by atoms with E-state index < -0.39 is 0 Å². The van der Waals surface area contributed by atoms with Gasteiger partial charge in [0.1, 0.15) is 22.3 Å². The van der Waals surface area contributed by atoms with Crippen LogP contribution in [-0.2, 0) is 0 Å². The van der Waals surface area contributed by atoms with Crippen molar-refractivity contribution >= 4 is 82.5 Å². The van der Waals surface area contributed by atoms with E-state index in [0.29, 0.717) is 0 Å². The molecule has 220 valence electrons. The zero-order valence-electron chi connectivity index (χ0n) is 25.4. The van der Waals surface area contributed by atoms with Gasteiger partial charge in [0.05, 0.1) is 11.1 Å². The molecule has 0 N–H and O–H groups in total. The summed E-state index contributed by atoms with van der Waals surface area (Å²) in [6.07, 6.45) is 0. The van der Waals surface area contributed by atoms with Crippen molar-refractivity contribution < 1.29 is 8.83 Å². The Morgan fingerprint density at radius 2 is 1.04 bits per heavy atom. The molecule has 0 atom stereocenters. The molecular weight excluding hydrogens is 574 g/mol. The summed E-state index contributed by atoms with van der Waals surface area (Å²) in [7, 11) is 0. The van der Waals surface area contributed by atoms with Crippen molar-refractivity contribution in [2.75, 3.05) is 4.90 Å². The maximum atomic E-state index is 6.65. The fourth-order valence-corrected chi connectivity index (χ4v) is 7.17. The minimum absolute atomic E-state index is 0.817. The molecule has 0 fully saturated rings. The van der Waals surface area contributed by atoms with Crippen molar-refractivity contribution in [2.45, 2.75) is 0 Å². The van der Waals surface area contributed by atoms with Crippen molar-refractivity contribution in [3.63, 3.8) is 0 Å².